The predicted octanol–water partition coefficient (Wildman–Crippen LogP) is 4.82. The standard InChI is InChI=1S/C17H14BrFN2/c18-14-3-1-11(2-4-14)12-8-16(9-12)21-17-6-5-15(19)7-13(17)10-20/h1-7,12,16,21H,8-9H2. The van der Waals surface area contributed by atoms with Crippen LogP contribution < -0.4 is 5.32 Å². The van der Waals surface area contributed by atoms with E-state index in [-0.39, 0.29) is 5.82 Å². The fourth-order valence-electron chi connectivity index (χ4n) is 2.70. The minimum atomic E-state index is -0.376. The average Bonchev–Trinajstić information content (AvgIpc) is 2.45. The third kappa shape index (κ3) is 3.08. The Kier molecular flexibility index (Phi) is 3.94. The number of benzene rings is 2. The lowest BCUT2D eigenvalue weighted by molar-refractivity contribution is 0.374. The molecule has 0 unspecified atom stereocenters. The van der Waals surface area contributed by atoms with Gasteiger partial charge in [-0.05, 0) is 54.7 Å². The summed E-state index contributed by atoms with van der Waals surface area (Å²) in [4.78, 5) is 0. The molecule has 2 nitrogen and oxygen atoms in total. The number of rotatable bonds is 3. The van der Waals surface area contributed by atoms with Crippen LogP contribution in [0.2, 0.25) is 0 Å². The molecule has 0 aromatic heterocycles. The summed E-state index contributed by atoms with van der Waals surface area (Å²) < 4.78 is 14.2. The fraction of sp³-hybridized carbons (Fsp3) is 0.235. The van der Waals surface area contributed by atoms with Crippen molar-refractivity contribution >= 4 is 21.6 Å². The van der Waals surface area contributed by atoms with Gasteiger partial charge in [0.2, 0.25) is 0 Å². The average molecular weight is 345 g/mol. The van der Waals surface area contributed by atoms with Gasteiger partial charge in [0, 0.05) is 10.5 Å². The zero-order valence-electron chi connectivity index (χ0n) is 11.3. The zero-order valence-corrected chi connectivity index (χ0v) is 12.9. The predicted molar refractivity (Wildman–Crippen MR) is 84.6 cm³/mol. The quantitative estimate of drug-likeness (QED) is 0.866. The number of anilines is 1. The molecule has 1 aliphatic carbocycles. The van der Waals surface area contributed by atoms with Gasteiger partial charge in [0.25, 0.3) is 0 Å². The van der Waals surface area contributed by atoms with E-state index >= 15 is 0 Å². The Labute approximate surface area is 131 Å². The molecule has 2 aromatic rings. The van der Waals surface area contributed by atoms with Gasteiger partial charge in [-0.3, -0.25) is 0 Å². The summed E-state index contributed by atoms with van der Waals surface area (Å²) in [7, 11) is 0. The van der Waals surface area contributed by atoms with Gasteiger partial charge in [-0.1, -0.05) is 28.1 Å². The number of halogens is 2. The van der Waals surface area contributed by atoms with Crippen LogP contribution >= 0.6 is 15.9 Å². The maximum absolute atomic E-state index is 13.1. The van der Waals surface area contributed by atoms with E-state index in [4.69, 9.17) is 5.26 Å². The maximum Gasteiger partial charge on any atom is 0.124 e. The van der Waals surface area contributed by atoms with E-state index < -0.39 is 0 Å². The first kappa shape index (κ1) is 14.1. The first-order chi connectivity index (χ1) is 10.2. The largest absolute Gasteiger partial charge is 0.381 e. The van der Waals surface area contributed by atoms with E-state index in [1.54, 1.807) is 6.07 Å². The van der Waals surface area contributed by atoms with Crippen molar-refractivity contribution in [1.29, 1.82) is 5.26 Å². The van der Waals surface area contributed by atoms with Crippen LogP contribution in [0.25, 0.3) is 0 Å². The van der Waals surface area contributed by atoms with Crippen LogP contribution in [0, 0.1) is 17.1 Å². The van der Waals surface area contributed by atoms with Crippen molar-refractivity contribution in [2.24, 2.45) is 0 Å². The molecule has 0 amide bonds. The molecule has 106 valence electrons. The number of nitrogens with zero attached hydrogens (tertiary/aromatic N) is 1. The minimum Gasteiger partial charge on any atom is -0.381 e. The van der Waals surface area contributed by atoms with E-state index in [9.17, 15) is 4.39 Å². The molecule has 2 aromatic carbocycles. The normalized spacial score (nSPS) is 20.4. The second-order valence-corrected chi connectivity index (χ2v) is 6.28. The molecule has 0 bridgehead atoms. The number of nitriles is 1. The van der Waals surface area contributed by atoms with Crippen molar-refractivity contribution in [1.82, 2.24) is 0 Å². The molecule has 21 heavy (non-hydrogen) atoms. The lowest BCUT2D eigenvalue weighted by Gasteiger charge is -2.37. The number of nitrogens with one attached hydrogen (secondary N) is 1. The van der Waals surface area contributed by atoms with Gasteiger partial charge < -0.3 is 5.32 Å². The van der Waals surface area contributed by atoms with E-state index in [2.05, 4.69) is 45.5 Å². The molecule has 3 rings (SSSR count). The summed E-state index contributed by atoms with van der Waals surface area (Å²) >= 11 is 3.44. The first-order valence-electron chi connectivity index (χ1n) is 6.87. The Bertz CT molecular complexity index is 685. The van der Waals surface area contributed by atoms with Crippen molar-refractivity contribution < 1.29 is 4.39 Å². The number of hydrogen-bond acceptors (Lipinski definition) is 2. The molecule has 1 saturated carbocycles. The van der Waals surface area contributed by atoms with Gasteiger partial charge in [-0.2, -0.15) is 5.26 Å². The highest BCUT2D eigenvalue weighted by molar-refractivity contribution is 9.10. The summed E-state index contributed by atoms with van der Waals surface area (Å²) in [6.07, 6.45) is 2.06. The highest BCUT2D eigenvalue weighted by Gasteiger charge is 2.30. The SMILES string of the molecule is N#Cc1cc(F)ccc1NC1CC(c2ccc(Br)cc2)C1. The highest BCUT2D eigenvalue weighted by atomic mass is 79.9. The van der Waals surface area contributed by atoms with Gasteiger partial charge in [0.15, 0.2) is 0 Å². The van der Waals surface area contributed by atoms with Gasteiger partial charge in [-0.15, -0.1) is 0 Å². The number of hydrogen-bond donors (Lipinski definition) is 1. The molecule has 4 heteroatoms. The van der Waals surface area contributed by atoms with Crippen LogP contribution in [0.5, 0.6) is 0 Å². The molecule has 0 atom stereocenters. The monoisotopic (exact) mass is 344 g/mol. The molecule has 0 heterocycles. The topological polar surface area (TPSA) is 35.8 Å². The summed E-state index contributed by atoms with van der Waals surface area (Å²) in [5.74, 6) is 0.181. The first-order valence-corrected chi connectivity index (χ1v) is 7.66. The second kappa shape index (κ2) is 5.87. The summed E-state index contributed by atoms with van der Waals surface area (Å²) in [6, 6.07) is 15.1. The van der Waals surface area contributed by atoms with Crippen molar-refractivity contribution in [3.63, 3.8) is 0 Å². The molecule has 0 saturated heterocycles. The molecule has 0 aliphatic heterocycles. The Morgan fingerprint density at radius 1 is 1.14 bits per heavy atom. The Morgan fingerprint density at radius 3 is 2.52 bits per heavy atom. The van der Waals surface area contributed by atoms with Crippen molar-refractivity contribution in [2.45, 2.75) is 24.8 Å². The summed E-state index contributed by atoms with van der Waals surface area (Å²) in [5, 5.41) is 12.4. The molecular weight excluding hydrogens is 331 g/mol. The van der Waals surface area contributed by atoms with Crippen LogP contribution in [-0.4, -0.2) is 6.04 Å². The summed E-state index contributed by atoms with van der Waals surface area (Å²) in [5.41, 5.74) is 2.43. The minimum absolute atomic E-state index is 0.344. The van der Waals surface area contributed by atoms with Crippen LogP contribution in [0.4, 0.5) is 10.1 Å². The van der Waals surface area contributed by atoms with E-state index in [0.717, 1.165) is 23.0 Å². The van der Waals surface area contributed by atoms with Crippen molar-refractivity contribution in [3.05, 3.63) is 63.9 Å². The molecular formula is C17H14BrFN2. The molecule has 0 radical (unpaired) electrons. The molecule has 1 N–H and O–H groups in total. The van der Waals surface area contributed by atoms with E-state index in [1.807, 2.05) is 6.07 Å². The van der Waals surface area contributed by atoms with Crippen molar-refractivity contribution in [3.8, 4) is 6.07 Å². The van der Waals surface area contributed by atoms with Crippen LogP contribution in [-0.2, 0) is 0 Å². The van der Waals surface area contributed by atoms with Crippen LogP contribution in [0.1, 0.15) is 29.9 Å². The van der Waals surface area contributed by atoms with E-state index in [0.29, 0.717) is 17.5 Å². The Balaban J connectivity index is 1.63. The lowest BCUT2D eigenvalue weighted by atomic mass is 9.76. The molecule has 1 fully saturated rings. The highest BCUT2D eigenvalue weighted by Crippen LogP contribution is 2.39. The van der Waals surface area contributed by atoms with Gasteiger partial charge in [0.05, 0.1) is 11.3 Å². The van der Waals surface area contributed by atoms with Crippen LogP contribution in [0.15, 0.2) is 46.9 Å². The molecule has 0 spiro atoms. The van der Waals surface area contributed by atoms with Gasteiger partial charge in [0.1, 0.15) is 11.9 Å². The smallest absolute Gasteiger partial charge is 0.124 e. The van der Waals surface area contributed by atoms with Gasteiger partial charge in [-0.25, -0.2) is 4.39 Å². The fourth-order valence-corrected chi connectivity index (χ4v) is 2.96. The lowest BCUT2D eigenvalue weighted by Crippen LogP contribution is -2.34. The second-order valence-electron chi connectivity index (χ2n) is 5.36. The third-order valence-electron chi connectivity index (χ3n) is 3.94. The Morgan fingerprint density at radius 2 is 1.86 bits per heavy atom. The van der Waals surface area contributed by atoms with E-state index in [1.165, 1.54) is 17.7 Å². The maximum atomic E-state index is 13.1. The third-order valence-corrected chi connectivity index (χ3v) is 4.47. The Hall–Kier alpha value is -1.86. The molecule has 1 aliphatic rings. The van der Waals surface area contributed by atoms with Crippen LogP contribution in [0.3, 0.4) is 0 Å². The van der Waals surface area contributed by atoms with Crippen molar-refractivity contribution in [2.75, 3.05) is 5.32 Å². The zero-order chi connectivity index (χ0) is 14.8. The van der Waals surface area contributed by atoms with Gasteiger partial charge >= 0.3 is 0 Å². The summed E-state index contributed by atoms with van der Waals surface area (Å²) in [6.45, 7) is 0.